The van der Waals surface area contributed by atoms with Crippen molar-refractivity contribution < 1.29 is 0 Å². The molecule has 0 unspecified atom stereocenters. The Labute approximate surface area is 643 Å². The second-order valence-electron chi connectivity index (χ2n) is 29.0. The number of hydrogen-bond donors (Lipinski definition) is 0. The molecule has 0 aliphatic heterocycles. The normalized spacial score (nSPS) is 11.7. The van der Waals surface area contributed by atoms with Crippen molar-refractivity contribution in [2.45, 2.75) is 0 Å². The van der Waals surface area contributed by atoms with Crippen LogP contribution in [0.3, 0.4) is 0 Å². The fourth-order valence-corrected chi connectivity index (χ4v) is 18.0. The van der Waals surface area contributed by atoms with Crippen LogP contribution in [0.2, 0.25) is 0 Å². The minimum absolute atomic E-state index is 0.637. The van der Waals surface area contributed by atoms with E-state index in [2.05, 4.69) is 306 Å². The average molecular weight is 1420 g/mol. The molecule has 0 saturated carbocycles. The van der Waals surface area contributed by atoms with Crippen molar-refractivity contribution in [3.05, 3.63) is 381 Å². The predicted molar refractivity (Wildman–Crippen MR) is 465 cm³/mol. The Bertz CT molecular complexity index is 7810. The molecule has 20 aromatic carbocycles. The lowest BCUT2D eigenvalue weighted by Crippen LogP contribution is -2.00. The highest BCUT2D eigenvalue weighted by Crippen LogP contribution is 2.49. The Morgan fingerprint density at radius 1 is 0.196 bits per heavy atom. The number of rotatable bonds is 9. The van der Waals surface area contributed by atoms with Gasteiger partial charge in [0, 0.05) is 60.4 Å². The molecule has 23 rings (SSSR count). The molecule has 7 heteroatoms. The van der Waals surface area contributed by atoms with Crippen molar-refractivity contribution in [2.75, 3.05) is 0 Å². The van der Waals surface area contributed by atoms with Gasteiger partial charge in [0.05, 0.1) is 45.3 Å². The van der Waals surface area contributed by atoms with Crippen LogP contribution in [0.15, 0.2) is 370 Å². The second-order valence-corrected chi connectivity index (χ2v) is 29.0. The van der Waals surface area contributed by atoms with Crippen molar-refractivity contribution in [1.29, 1.82) is 10.5 Å². The van der Waals surface area contributed by atoms with E-state index < -0.39 is 0 Å². The predicted octanol–water partition coefficient (Wildman–Crippen LogP) is 27.3. The molecule has 7 nitrogen and oxygen atoms in total. The van der Waals surface area contributed by atoms with E-state index in [9.17, 15) is 10.5 Å². The summed E-state index contributed by atoms with van der Waals surface area (Å²) >= 11 is 0. The lowest BCUT2D eigenvalue weighted by molar-refractivity contribution is 1.08. The van der Waals surface area contributed by atoms with Crippen molar-refractivity contribution in [3.8, 4) is 102 Å². The maximum atomic E-state index is 10.1. The smallest absolute Gasteiger partial charge is 0.164 e. The molecule has 0 atom stereocenters. The largest absolute Gasteiger partial charge is 0.309 e. The van der Waals surface area contributed by atoms with Crippen LogP contribution in [0.25, 0.3) is 220 Å². The van der Waals surface area contributed by atoms with Gasteiger partial charge in [-0.25, -0.2) is 15.0 Å². The molecule has 0 aliphatic carbocycles. The van der Waals surface area contributed by atoms with Crippen LogP contribution in [0.5, 0.6) is 0 Å². The number of nitrogens with zero attached hydrogens (tertiary/aromatic N) is 7. The molecule has 0 amide bonds. The topological polar surface area (TPSA) is 96.1 Å². The molecule has 3 aromatic heterocycles. The van der Waals surface area contributed by atoms with Crippen LogP contribution in [0.4, 0.5) is 0 Å². The molecular formula is C105H61N7. The van der Waals surface area contributed by atoms with Crippen LogP contribution in [-0.2, 0) is 0 Å². The van der Waals surface area contributed by atoms with Crippen molar-refractivity contribution in [1.82, 2.24) is 24.1 Å². The minimum atomic E-state index is 0.637. The quantitative estimate of drug-likeness (QED) is 0.134. The third-order valence-electron chi connectivity index (χ3n) is 23.0. The van der Waals surface area contributed by atoms with Gasteiger partial charge < -0.3 is 9.13 Å². The molecule has 0 saturated heterocycles. The number of hydrogen-bond acceptors (Lipinski definition) is 5. The van der Waals surface area contributed by atoms with Crippen molar-refractivity contribution >= 4 is 130 Å². The summed E-state index contributed by atoms with van der Waals surface area (Å²) in [7, 11) is 0. The second kappa shape index (κ2) is 25.7. The highest BCUT2D eigenvalue weighted by atomic mass is 15.0. The van der Waals surface area contributed by atoms with Gasteiger partial charge in [-0.05, 0) is 205 Å². The third kappa shape index (κ3) is 10.0. The van der Waals surface area contributed by atoms with Gasteiger partial charge in [0.1, 0.15) is 0 Å². The molecular weight excluding hydrogens is 1360 g/mol. The summed E-state index contributed by atoms with van der Waals surface area (Å²) in [6.45, 7) is 0. The van der Waals surface area contributed by atoms with Crippen LogP contribution in [0, 0.1) is 22.7 Å². The first-order valence-corrected chi connectivity index (χ1v) is 37.8. The Morgan fingerprint density at radius 2 is 0.527 bits per heavy atom. The summed E-state index contributed by atoms with van der Waals surface area (Å²) in [6.07, 6.45) is 0. The molecule has 516 valence electrons. The summed E-state index contributed by atoms with van der Waals surface area (Å²) in [5.41, 5.74) is 20.3. The SMILES string of the molecule is N#Cc1ccc2c3c1ccc1c(-c4ccc(-c5cc6c7ccccc7c(-c7nc(-c8ccccc8)nc(-c8ccccc8)n7)cc6c6ccccc56)cc4)ccc(c13)n2-c1ccccc1.N#Cc1ccc2c3c1ccc1c(-c4cccc(-c5cc6c7ccccc7ccc6c6ccccc56)c4)ccc(c13)n2-c1ccccc1. The van der Waals surface area contributed by atoms with E-state index in [-0.39, 0.29) is 0 Å². The zero-order valence-electron chi connectivity index (χ0n) is 60.3. The minimum Gasteiger partial charge on any atom is -0.309 e. The summed E-state index contributed by atoms with van der Waals surface area (Å²) in [4.78, 5) is 15.3. The molecule has 0 fully saturated rings. The highest BCUT2D eigenvalue weighted by molar-refractivity contribution is 6.30. The molecule has 0 bridgehead atoms. The summed E-state index contributed by atoms with van der Waals surface area (Å²) in [5, 5.41) is 43.6. The van der Waals surface area contributed by atoms with Crippen molar-refractivity contribution in [2.24, 2.45) is 0 Å². The fourth-order valence-electron chi connectivity index (χ4n) is 18.0. The Kier molecular flexibility index (Phi) is 14.6. The number of fused-ring (bicyclic) bond motifs is 10. The first kappa shape index (κ1) is 63.8. The number of nitriles is 2. The van der Waals surface area contributed by atoms with Gasteiger partial charge in [-0.3, -0.25) is 0 Å². The third-order valence-corrected chi connectivity index (χ3v) is 23.0. The first-order chi connectivity index (χ1) is 55.5. The lowest BCUT2D eigenvalue weighted by atomic mass is 9.88. The molecule has 0 spiro atoms. The van der Waals surface area contributed by atoms with Gasteiger partial charge in [-0.2, -0.15) is 10.5 Å². The van der Waals surface area contributed by atoms with Crippen LogP contribution in [0.1, 0.15) is 11.1 Å². The number of para-hydroxylation sites is 2. The fraction of sp³-hybridized carbons (Fsp3) is 0. The summed E-state index contributed by atoms with van der Waals surface area (Å²) in [5.74, 6) is 1.91. The van der Waals surface area contributed by atoms with Gasteiger partial charge in [0.2, 0.25) is 0 Å². The van der Waals surface area contributed by atoms with Crippen LogP contribution >= 0.6 is 0 Å². The molecule has 0 aliphatic rings. The zero-order chi connectivity index (χ0) is 74.1. The molecule has 0 N–H and O–H groups in total. The van der Waals surface area contributed by atoms with Crippen LogP contribution < -0.4 is 0 Å². The van der Waals surface area contributed by atoms with Gasteiger partial charge in [-0.15, -0.1) is 0 Å². The van der Waals surface area contributed by atoms with Gasteiger partial charge in [-0.1, -0.05) is 285 Å². The first-order valence-electron chi connectivity index (χ1n) is 37.8. The summed E-state index contributed by atoms with van der Waals surface area (Å²) < 4.78 is 4.65. The van der Waals surface area contributed by atoms with E-state index in [1.165, 1.54) is 97.8 Å². The monoisotopic (exact) mass is 1420 g/mol. The molecule has 0 radical (unpaired) electrons. The van der Waals surface area contributed by atoms with Gasteiger partial charge >= 0.3 is 0 Å². The maximum absolute atomic E-state index is 10.1. The van der Waals surface area contributed by atoms with E-state index in [0.717, 1.165) is 105 Å². The Morgan fingerprint density at radius 3 is 1.03 bits per heavy atom. The lowest BCUT2D eigenvalue weighted by Gasteiger charge is -2.16. The summed E-state index contributed by atoms with van der Waals surface area (Å²) in [6, 6.07) is 136. The van der Waals surface area contributed by atoms with E-state index >= 15 is 0 Å². The van der Waals surface area contributed by atoms with Crippen molar-refractivity contribution in [3.63, 3.8) is 0 Å². The maximum Gasteiger partial charge on any atom is 0.164 e. The van der Waals surface area contributed by atoms with E-state index in [4.69, 9.17) is 15.0 Å². The highest BCUT2D eigenvalue weighted by Gasteiger charge is 2.25. The van der Waals surface area contributed by atoms with E-state index in [1.54, 1.807) is 0 Å². The number of benzene rings is 20. The zero-order valence-corrected chi connectivity index (χ0v) is 60.3. The average Bonchev–Trinajstić information content (AvgIpc) is 1.60. The van der Waals surface area contributed by atoms with Gasteiger partial charge in [0.15, 0.2) is 17.5 Å². The van der Waals surface area contributed by atoms with Gasteiger partial charge in [0.25, 0.3) is 0 Å². The van der Waals surface area contributed by atoms with Crippen LogP contribution in [-0.4, -0.2) is 24.1 Å². The Balaban J connectivity index is 0.000000145. The molecule has 3 heterocycles. The Hall–Kier alpha value is -15.4. The van der Waals surface area contributed by atoms with E-state index in [1.807, 2.05) is 84.9 Å². The number of aromatic nitrogens is 5. The van der Waals surface area contributed by atoms with E-state index in [0.29, 0.717) is 28.6 Å². The standard InChI is InChI=1S/C60H35N5.C45H26N2/c61-36-41-28-32-54-56-44(41)29-30-49-43(31-33-55(57(49)56)65(54)42-18-8-3-9-19-42)37-24-26-38(27-25-37)50-34-51-47-22-12-13-23-48(47)53(35-52(51)46-21-11-10-20-45(46)50)60-63-58(39-14-4-1-5-15-39)62-59(64-60)40-16-6-2-7-17-40;46-27-31-18-23-42-44-35(31)20-21-39-34(22-24-43(45(39)44)47(42)32-12-2-1-3-13-32)29-10-8-11-30(25-29)40-26-41-33-14-5-4-9-28(33)17-19-38(41)36-15-6-7-16-37(36)40/h1-35H;1-26H. The molecule has 112 heavy (non-hydrogen) atoms. The molecule has 23 aromatic rings.